The maximum Gasteiger partial charge on any atom is 0.422 e. The predicted molar refractivity (Wildman–Crippen MR) is 113 cm³/mol. The van der Waals surface area contributed by atoms with E-state index in [-0.39, 0.29) is 68.3 Å². The zero-order chi connectivity index (χ0) is 25.4. The van der Waals surface area contributed by atoms with Crippen molar-refractivity contribution in [1.82, 2.24) is 0 Å². The molecular weight excluding hydrogens is 482 g/mol. The summed E-state index contributed by atoms with van der Waals surface area (Å²) in [7, 11) is 0. The number of halogens is 6. The van der Waals surface area contributed by atoms with E-state index in [4.69, 9.17) is 4.74 Å². The minimum absolute atomic E-state index is 0.0234. The quantitative estimate of drug-likeness (QED) is 0.573. The highest BCUT2D eigenvalue weighted by atomic mass is 19.4. The highest BCUT2D eigenvalue weighted by Gasteiger charge is 2.35. The Bertz CT molecular complexity index is 1120. The second kappa shape index (κ2) is 9.48. The van der Waals surface area contributed by atoms with Crippen molar-refractivity contribution in [2.45, 2.75) is 37.5 Å². The van der Waals surface area contributed by atoms with Gasteiger partial charge in [-0.3, -0.25) is 4.79 Å². The number of piperidine rings is 1. The molecule has 0 unspecified atom stereocenters. The Hall–Kier alpha value is -3.15. The number of nitrogens with one attached hydrogen (secondary N) is 1. The van der Waals surface area contributed by atoms with E-state index < -0.39 is 41.7 Å². The van der Waals surface area contributed by atoms with Crippen LogP contribution in [-0.4, -0.2) is 49.1 Å². The van der Waals surface area contributed by atoms with Gasteiger partial charge in [0.25, 0.3) is 0 Å². The molecule has 4 rings (SSSR count). The fraction of sp³-hybridized carbons (Fsp3) is 0.435. The normalized spacial score (nSPS) is 17.6. The summed E-state index contributed by atoms with van der Waals surface area (Å²) in [6, 6.07) is 4.29. The smallest absolute Gasteiger partial charge is 0.422 e. The van der Waals surface area contributed by atoms with Gasteiger partial charge in [-0.15, -0.1) is 0 Å². The van der Waals surface area contributed by atoms with Crippen molar-refractivity contribution < 1.29 is 45.7 Å². The summed E-state index contributed by atoms with van der Waals surface area (Å²) < 4.78 is 89.6. The molecule has 1 saturated heterocycles. The fourth-order valence-corrected chi connectivity index (χ4v) is 4.11. The van der Waals surface area contributed by atoms with Crippen molar-refractivity contribution in [2.24, 2.45) is 0 Å². The average Bonchev–Trinajstić information content (AvgIpc) is 2.80. The van der Waals surface area contributed by atoms with E-state index in [1.54, 1.807) is 4.90 Å². The Morgan fingerprint density at radius 3 is 2.40 bits per heavy atom. The van der Waals surface area contributed by atoms with Gasteiger partial charge in [-0.05, 0) is 31.4 Å². The number of hydrogen-bond donors (Lipinski definition) is 2. The average molecular weight is 504 g/mol. The zero-order valence-electron chi connectivity index (χ0n) is 18.4. The van der Waals surface area contributed by atoms with Gasteiger partial charge in [-0.2, -0.15) is 13.2 Å². The molecule has 1 amide bonds. The van der Waals surface area contributed by atoms with E-state index in [2.05, 4.69) is 10.1 Å². The monoisotopic (exact) mass is 504 g/mol. The van der Waals surface area contributed by atoms with Gasteiger partial charge in [-0.25, -0.2) is 13.2 Å². The van der Waals surface area contributed by atoms with Gasteiger partial charge in [-0.1, -0.05) is 0 Å². The Morgan fingerprint density at radius 2 is 1.74 bits per heavy atom. The molecule has 0 bridgehead atoms. The van der Waals surface area contributed by atoms with Crippen LogP contribution < -0.4 is 19.7 Å². The lowest BCUT2D eigenvalue weighted by Gasteiger charge is -2.39. The molecule has 35 heavy (non-hydrogen) atoms. The van der Waals surface area contributed by atoms with Crippen molar-refractivity contribution in [1.29, 1.82) is 0 Å². The van der Waals surface area contributed by atoms with E-state index in [0.29, 0.717) is 5.56 Å². The topological polar surface area (TPSA) is 71.0 Å². The van der Waals surface area contributed by atoms with Crippen LogP contribution in [0.15, 0.2) is 24.3 Å². The number of ether oxygens (including phenoxy) is 2. The first-order valence-electron chi connectivity index (χ1n) is 10.8. The third-order valence-corrected chi connectivity index (χ3v) is 6.01. The molecule has 190 valence electrons. The number of carbonyl (C=O) groups excluding carboxylic acids is 1. The van der Waals surface area contributed by atoms with Gasteiger partial charge >= 0.3 is 6.18 Å². The van der Waals surface area contributed by atoms with Gasteiger partial charge in [0.1, 0.15) is 29.5 Å². The molecule has 2 aromatic carbocycles. The number of alkyl halides is 3. The fourth-order valence-electron chi connectivity index (χ4n) is 4.11. The molecule has 2 aliphatic rings. The van der Waals surface area contributed by atoms with Crippen LogP contribution in [0.25, 0.3) is 0 Å². The Balaban J connectivity index is 1.38. The highest BCUT2D eigenvalue weighted by Crippen LogP contribution is 2.37. The number of anilines is 2. The molecule has 6 nitrogen and oxygen atoms in total. The van der Waals surface area contributed by atoms with Crippen LogP contribution in [0.4, 0.5) is 37.7 Å². The van der Waals surface area contributed by atoms with E-state index in [9.17, 15) is 36.2 Å². The van der Waals surface area contributed by atoms with Gasteiger partial charge < -0.3 is 24.8 Å². The van der Waals surface area contributed by atoms with Crippen LogP contribution in [0.3, 0.4) is 0 Å². The summed E-state index contributed by atoms with van der Waals surface area (Å²) in [4.78, 5) is 13.2. The van der Waals surface area contributed by atoms with E-state index in [1.165, 1.54) is 12.1 Å². The standard InChI is InChI=1S/C23H22F6N2O4/c24-15-9-13(34-12-23(27,28)29)1-3-17(15)31-7-5-22(33,6-8-31)11-35-18-10-16(25)20(26)21-14(18)2-4-19(32)30-21/h1,3,9-10,33H,2,4-8,11-12H2,(H,30,32). The van der Waals surface area contributed by atoms with Crippen LogP contribution in [0, 0.1) is 17.5 Å². The van der Waals surface area contributed by atoms with Gasteiger partial charge in [0.15, 0.2) is 18.2 Å². The number of carbonyl (C=O) groups is 1. The molecule has 2 heterocycles. The molecule has 0 atom stereocenters. The molecule has 0 aromatic heterocycles. The minimum Gasteiger partial charge on any atom is -0.490 e. The Kier molecular flexibility index (Phi) is 6.76. The largest absolute Gasteiger partial charge is 0.490 e. The van der Waals surface area contributed by atoms with Gasteiger partial charge in [0.2, 0.25) is 5.91 Å². The van der Waals surface area contributed by atoms with Crippen LogP contribution in [0.2, 0.25) is 0 Å². The molecule has 1 fully saturated rings. The summed E-state index contributed by atoms with van der Waals surface area (Å²) >= 11 is 0. The number of nitrogens with zero attached hydrogens (tertiary/aromatic N) is 1. The first-order chi connectivity index (χ1) is 16.4. The third-order valence-electron chi connectivity index (χ3n) is 6.01. The van der Waals surface area contributed by atoms with E-state index >= 15 is 0 Å². The highest BCUT2D eigenvalue weighted by molar-refractivity contribution is 5.94. The predicted octanol–water partition coefficient (Wildman–Crippen LogP) is 4.34. The van der Waals surface area contributed by atoms with Crippen molar-refractivity contribution in [3.63, 3.8) is 0 Å². The molecule has 2 aliphatic heterocycles. The van der Waals surface area contributed by atoms with Gasteiger partial charge in [0.05, 0.1) is 11.4 Å². The minimum atomic E-state index is -4.54. The summed E-state index contributed by atoms with van der Waals surface area (Å²) in [5, 5.41) is 13.2. The summed E-state index contributed by atoms with van der Waals surface area (Å²) in [6.45, 7) is -1.34. The Labute approximate surface area is 196 Å². The molecule has 0 saturated carbocycles. The molecular formula is C23H22F6N2O4. The maximum atomic E-state index is 14.5. The van der Waals surface area contributed by atoms with Crippen LogP contribution in [0.5, 0.6) is 11.5 Å². The van der Waals surface area contributed by atoms with Crippen LogP contribution >= 0.6 is 0 Å². The van der Waals surface area contributed by atoms with Crippen LogP contribution in [-0.2, 0) is 11.2 Å². The molecule has 0 spiro atoms. The zero-order valence-corrected chi connectivity index (χ0v) is 18.4. The lowest BCUT2D eigenvalue weighted by atomic mass is 9.92. The second-order valence-corrected chi connectivity index (χ2v) is 8.59. The lowest BCUT2D eigenvalue weighted by molar-refractivity contribution is -0.153. The number of aliphatic hydroxyl groups is 1. The second-order valence-electron chi connectivity index (χ2n) is 8.59. The number of amides is 1. The number of rotatable bonds is 6. The first-order valence-corrected chi connectivity index (χ1v) is 10.8. The third kappa shape index (κ3) is 5.75. The van der Waals surface area contributed by atoms with Crippen molar-refractivity contribution in [3.05, 3.63) is 47.3 Å². The number of fused-ring (bicyclic) bond motifs is 1. The first kappa shape index (κ1) is 25.0. The molecule has 0 radical (unpaired) electrons. The van der Waals surface area contributed by atoms with E-state index in [0.717, 1.165) is 12.1 Å². The van der Waals surface area contributed by atoms with Crippen LogP contribution in [0.1, 0.15) is 24.8 Å². The number of hydrogen-bond acceptors (Lipinski definition) is 5. The SMILES string of the molecule is O=C1CCc2c(OCC3(O)CCN(c4ccc(OCC(F)(F)F)cc4F)CC3)cc(F)c(F)c2N1. The molecule has 2 N–H and O–H groups in total. The van der Waals surface area contributed by atoms with Crippen molar-refractivity contribution in [2.75, 3.05) is 36.5 Å². The number of benzene rings is 2. The molecule has 2 aromatic rings. The summed E-state index contributed by atoms with van der Waals surface area (Å²) in [6.07, 6.45) is -3.99. The summed E-state index contributed by atoms with van der Waals surface area (Å²) in [5.74, 6) is -3.80. The van der Waals surface area contributed by atoms with Gasteiger partial charge in [0, 0.05) is 37.2 Å². The summed E-state index contributed by atoms with van der Waals surface area (Å²) in [5.41, 5.74) is -1.15. The molecule has 12 heteroatoms. The van der Waals surface area contributed by atoms with Crippen molar-refractivity contribution >= 4 is 17.3 Å². The Morgan fingerprint density at radius 1 is 1.03 bits per heavy atom. The molecule has 0 aliphatic carbocycles. The maximum absolute atomic E-state index is 14.5. The lowest BCUT2D eigenvalue weighted by Crippen LogP contribution is -2.48. The van der Waals surface area contributed by atoms with E-state index in [1.807, 2.05) is 0 Å². The van der Waals surface area contributed by atoms with Crippen molar-refractivity contribution in [3.8, 4) is 11.5 Å².